The second kappa shape index (κ2) is 3.97. The minimum atomic E-state index is 0.445. The standard InChI is InChI=1S/C10H12ClNO/c11-6-9-5-10(3-4-12-9)13-7-8-1-2-8/h3-5,8H,1-2,6-7H2. The van der Waals surface area contributed by atoms with Crippen LogP contribution in [0.1, 0.15) is 18.5 Å². The van der Waals surface area contributed by atoms with Gasteiger partial charge in [-0.25, -0.2) is 0 Å². The second-order valence-electron chi connectivity index (χ2n) is 3.37. The summed E-state index contributed by atoms with van der Waals surface area (Å²) in [6.45, 7) is 0.839. The monoisotopic (exact) mass is 197 g/mol. The maximum atomic E-state index is 5.66. The molecule has 0 saturated heterocycles. The molecule has 0 unspecified atom stereocenters. The molecule has 0 N–H and O–H groups in total. The first-order valence-electron chi connectivity index (χ1n) is 4.52. The molecule has 1 aliphatic rings. The normalized spacial score (nSPS) is 15.8. The SMILES string of the molecule is ClCc1cc(OCC2CC2)ccn1. The Morgan fingerprint density at radius 2 is 2.38 bits per heavy atom. The molecule has 1 heterocycles. The number of hydrogen-bond acceptors (Lipinski definition) is 2. The van der Waals surface area contributed by atoms with Crippen LogP contribution in [-0.4, -0.2) is 11.6 Å². The average molecular weight is 198 g/mol. The van der Waals surface area contributed by atoms with E-state index < -0.39 is 0 Å². The number of halogens is 1. The van der Waals surface area contributed by atoms with Crippen molar-refractivity contribution in [2.24, 2.45) is 5.92 Å². The Balaban J connectivity index is 1.93. The van der Waals surface area contributed by atoms with Crippen molar-refractivity contribution in [3.05, 3.63) is 24.0 Å². The zero-order chi connectivity index (χ0) is 9.10. The van der Waals surface area contributed by atoms with Crippen molar-refractivity contribution in [1.82, 2.24) is 4.98 Å². The molecule has 1 aliphatic carbocycles. The lowest BCUT2D eigenvalue weighted by Gasteiger charge is -2.04. The van der Waals surface area contributed by atoms with E-state index in [4.69, 9.17) is 16.3 Å². The summed E-state index contributed by atoms with van der Waals surface area (Å²) in [4.78, 5) is 4.09. The van der Waals surface area contributed by atoms with E-state index in [-0.39, 0.29) is 0 Å². The van der Waals surface area contributed by atoms with E-state index in [0.717, 1.165) is 24.0 Å². The maximum absolute atomic E-state index is 5.66. The molecule has 0 aromatic carbocycles. The third kappa shape index (κ3) is 2.59. The molecule has 1 aromatic rings. The summed E-state index contributed by atoms with van der Waals surface area (Å²) in [5, 5.41) is 0. The molecule has 1 aromatic heterocycles. The van der Waals surface area contributed by atoms with Crippen LogP contribution < -0.4 is 4.74 Å². The lowest BCUT2D eigenvalue weighted by Crippen LogP contribution is -1.99. The van der Waals surface area contributed by atoms with Gasteiger partial charge in [0.15, 0.2) is 0 Å². The highest BCUT2D eigenvalue weighted by atomic mass is 35.5. The van der Waals surface area contributed by atoms with Crippen molar-refractivity contribution in [2.75, 3.05) is 6.61 Å². The van der Waals surface area contributed by atoms with Crippen LogP contribution in [0.2, 0.25) is 0 Å². The Hall–Kier alpha value is -0.760. The first kappa shape index (κ1) is 8.82. The number of aromatic nitrogens is 1. The highest BCUT2D eigenvalue weighted by molar-refractivity contribution is 6.16. The number of ether oxygens (including phenoxy) is 1. The van der Waals surface area contributed by atoms with Crippen molar-refractivity contribution < 1.29 is 4.74 Å². The number of hydrogen-bond donors (Lipinski definition) is 0. The third-order valence-electron chi connectivity index (χ3n) is 2.11. The van der Waals surface area contributed by atoms with E-state index in [1.165, 1.54) is 12.8 Å². The van der Waals surface area contributed by atoms with Crippen LogP contribution in [0.5, 0.6) is 5.75 Å². The smallest absolute Gasteiger partial charge is 0.122 e. The van der Waals surface area contributed by atoms with E-state index in [1.54, 1.807) is 6.20 Å². The predicted molar refractivity (Wildman–Crippen MR) is 52.0 cm³/mol. The van der Waals surface area contributed by atoms with Gasteiger partial charge < -0.3 is 4.74 Å². The molecule has 0 atom stereocenters. The van der Waals surface area contributed by atoms with E-state index >= 15 is 0 Å². The van der Waals surface area contributed by atoms with Gasteiger partial charge in [0.05, 0.1) is 18.2 Å². The molecular weight excluding hydrogens is 186 g/mol. The summed E-state index contributed by atoms with van der Waals surface area (Å²) in [6.07, 6.45) is 4.36. The molecule has 0 spiro atoms. The Bertz CT molecular complexity index is 286. The lowest BCUT2D eigenvalue weighted by molar-refractivity contribution is 0.299. The fourth-order valence-corrected chi connectivity index (χ4v) is 1.26. The highest BCUT2D eigenvalue weighted by Gasteiger charge is 2.21. The Morgan fingerprint density at radius 3 is 3.08 bits per heavy atom. The van der Waals surface area contributed by atoms with Gasteiger partial charge in [-0.1, -0.05) is 0 Å². The van der Waals surface area contributed by atoms with Crippen molar-refractivity contribution >= 4 is 11.6 Å². The summed E-state index contributed by atoms with van der Waals surface area (Å²) in [7, 11) is 0. The van der Waals surface area contributed by atoms with Crippen LogP contribution >= 0.6 is 11.6 Å². The quantitative estimate of drug-likeness (QED) is 0.693. The molecule has 13 heavy (non-hydrogen) atoms. The molecule has 1 saturated carbocycles. The molecule has 1 fully saturated rings. The van der Waals surface area contributed by atoms with E-state index in [1.807, 2.05) is 12.1 Å². The first-order valence-corrected chi connectivity index (χ1v) is 5.05. The third-order valence-corrected chi connectivity index (χ3v) is 2.38. The molecule has 2 rings (SSSR count). The number of alkyl halides is 1. The van der Waals surface area contributed by atoms with Gasteiger partial charge in [0.1, 0.15) is 5.75 Å². The molecule has 2 nitrogen and oxygen atoms in total. The van der Waals surface area contributed by atoms with E-state index in [0.29, 0.717) is 5.88 Å². The summed E-state index contributed by atoms with van der Waals surface area (Å²) >= 11 is 5.66. The van der Waals surface area contributed by atoms with Crippen molar-refractivity contribution in [3.63, 3.8) is 0 Å². The number of pyridine rings is 1. The van der Waals surface area contributed by atoms with Crippen molar-refractivity contribution in [3.8, 4) is 5.75 Å². The Labute approximate surface area is 82.9 Å². The first-order chi connectivity index (χ1) is 6.38. The Morgan fingerprint density at radius 1 is 1.54 bits per heavy atom. The summed E-state index contributed by atoms with van der Waals surface area (Å²) in [5.41, 5.74) is 0.870. The van der Waals surface area contributed by atoms with Crippen molar-refractivity contribution in [1.29, 1.82) is 0 Å². The zero-order valence-electron chi connectivity index (χ0n) is 7.37. The van der Waals surface area contributed by atoms with Gasteiger partial charge in [0, 0.05) is 12.3 Å². The summed E-state index contributed by atoms with van der Waals surface area (Å²) in [5.74, 6) is 2.12. The fraction of sp³-hybridized carbons (Fsp3) is 0.500. The minimum absolute atomic E-state index is 0.445. The van der Waals surface area contributed by atoms with Gasteiger partial charge in [0.2, 0.25) is 0 Å². The van der Waals surface area contributed by atoms with E-state index in [9.17, 15) is 0 Å². The van der Waals surface area contributed by atoms with Gasteiger partial charge in [-0.05, 0) is 24.8 Å². The van der Waals surface area contributed by atoms with Crippen LogP contribution in [0.25, 0.3) is 0 Å². The van der Waals surface area contributed by atoms with Gasteiger partial charge in [0.25, 0.3) is 0 Å². The Kier molecular flexibility index (Phi) is 2.69. The number of rotatable bonds is 4. The number of nitrogens with zero attached hydrogens (tertiary/aromatic N) is 1. The van der Waals surface area contributed by atoms with Crippen LogP contribution in [0.3, 0.4) is 0 Å². The molecule has 3 heteroatoms. The maximum Gasteiger partial charge on any atom is 0.122 e. The topological polar surface area (TPSA) is 22.1 Å². The second-order valence-corrected chi connectivity index (χ2v) is 3.64. The molecule has 0 aliphatic heterocycles. The molecule has 0 bridgehead atoms. The van der Waals surface area contributed by atoms with Gasteiger partial charge >= 0.3 is 0 Å². The van der Waals surface area contributed by atoms with Gasteiger partial charge in [-0.2, -0.15) is 0 Å². The fourth-order valence-electron chi connectivity index (χ4n) is 1.12. The highest BCUT2D eigenvalue weighted by Crippen LogP contribution is 2.29. The molecular formula is C10H12ClNO. The molecule has 0 radical (unpaired) electrons. The predicted octanol–water partition coefficient (Wildman–Crippen LogP) is 2.61. The summed E-state index contributed by atoms with van der Waals surface area (Å²) < 4.78 is 5.57. The summed E-state index contributed by atoms with van der Waals surface area (Å²) in [6, 6.07) is 3.77. The molecule has 70 valence electrons. The van der Waals surface area contributed by atoms with Crippen LogP contribution in [0.15, 0.2) is 18.3 Å². The van der Waals surface area contributed by atoms with Crippen LogP contribution in [0.4, 0.5) is 0 Å². The lowest BCUT2D eigenvalue weighted by atomic mass is 10.3. The van der Waals surface area contributed by atoms with Crippen molar-refractivity contribution in [2.45, 2.75) is 18.7 Å². The minimum Gasteiger partial charge on any atom is -0.493 e. The van der Waals surface area contributed by atoms with Gasteiger partial charge in [-0.3, -0.25) is 4.98 Å². The largest absolute Gasteiger partial charge is 0.493 e. The van der Waals surface area contributed by atoms with Gasteiger partial charge in [-0.15, -0.1) is 11.6 Å². The average Bonchev–Trinajstić information content (AvgIpc) is 2.99. The zero-order valence-corrected chi connectivity index (χ0v) is 8.13. The van der Waals surface area contributed by atoms with Crippen LogP contribution in [-0.2, 0) is 5.88 Å². The molecule has 0 amide bonds. The van der Waals surface area contributed by atoms with E-state index in [2.05, 4.69) is 4.98 Å². The van der Waals surface area contributed by atoms with Crippen LogP contribution in [0, 0.1) is 5.92 Å².